The van der Waals surface area contributed by atoms with Gasteiger partial charge in [0.15, 0.2) is 6.10 Å². The number of hydrogen-bond acceptors (Lipinski definition) is 3. The number of para-hydroxylation sites is 1. The van der Waals surface area contributed by atoms with E-state index in [0.29, 0.717) is 10.8 Å². The number of ether oxygens (including phenoxy) is 1. The maximum Gasteiger partial charge on any atom is 0.261 e. The number of benzene rings is 1. The highest BCUT2D eigenvalue weighted by atomic mass is 35.5. The average molecular weight is 334 g/mol. The van der Waals surface area contributed by atoms with Crippen molar-refractivity contribution in [2.45, 2.75) is 38.3 Å². The van der Waals surface area contributed by atoms with Gasteiger partial charge < -0.3 is 10.1 Å². The Hall–Kier alpha value is -2.01. The largest absolute Gasteiger partial charge is 0.479 e. The van der Waals surface area contributed by atoms with Crippen LogP contribution in [0.2, 0.25) is 5.02 Å². The molecule has 0 fully saturated rings. The first-order valence-corrected chi connectivity index (χ1v) is 8.16. The Labute approximate surface area is 140 Å². The Morgan fingerprint density at radius 3 is 3.04 bits per heavy atom. The van der Waals surface area contributed by atoms with Crippen molar-refractivity contribution in [2.75, 3.05) is 0 Å². The number of halogens is 1. The normalized spacial score (nSPS) is 18.1. The minimum Gasteiger partial charge on any atom is -0.479 e. The smallest absolute Gasteiger partial charge is 0.261 e. The molecule has 0 radical (unpaired) electrons. The van der Waals surface area contributed by atoms with Gasteiger partial charge in [-0.2, -0.15) is 5.10 Å². The topological polar surface area (TPSA) is 56.1 Å². The number of amides is 1. The molecule has 2 unspecified atom stereocenters. The third kappa shape index (κ3) is 3.34. The van der Waals surface area contributed by atoms with E-state index in [1.54, 1.807) is 19.1 Å². The van der Waals surface area contributed by atoms with Gasteiger partial charge in [-0.1, -0.05) is 23.7 Å². The van der Waals surface area contributed by atoms with Crippen LogP contribution in [0.5, 0.6) is 5.75 Å². The van der Waals surface area contributed by atoms with E-state index >= 15 is 0 Å². The minimum atomic E-state index is -0.614. The second-order valence-electron chi connectivity index (χ2n) is 5.81. The van der Waals surface area contributed by atoms with Gasteiger partial charge in [-0.3, -0.25) is 9.48 Å². The number of carbonyl (C=O) groups is 1. The first-order valence-electron chi connectivity index (χ1n) is 7.78. The fourth-order valence-corrected chi connectivity index (χ4v) is 3.11. The average Bonchev–Trinajstić information content (AvgIpc) is 2.92. The number of nitrogens with zero attached hydrogens (tertiary/aromatic N) is 2. The van der Waals surface area contributed by atoms with Crippen LogP contribution in [0.1, 0.15) is 37.1 Å². The number of rotatable bonds is 4. The predicted octanol–water partition coefficient (Wildman–Crippen LogP) is 3.03. The highest BCUT2D eigenvalue weighted by Crippen LogP contribution is 2.29. The summed E-state index contributed by atoms with van der Waals surface area (Å²) in [6.07, 6.45) is 4.19. The number of nitrogens with one attached hydrogen (secondary N) is 1. The van der Waals surface area contributed by atoms with Gasteiger partial charge >= 0.3 is 0 Å². The quantitative estimate of drug-likeness (QED) is 0.935. The van der Waals surface area contributed by atoms with E-state index in [1.165, 1.54) is 5.69 Å². The van der Waals surface area contributed by atoms with Crippen molar-refractivity contribution < 1.29 is 9.53 Å². The Bertz CT molecular complexity index is 714. The maximum atomic E-state index is 12.4. The Balaban J connectivity index is 1.67. The number of hydrogen-bond donors (Lipinski definition) is 1. The lowest BCUT2D eigenvalue weighted by molar-refractivity contribution is -0.128. The van der Waals surface area contributed by atoms with Gasteiger partial charge in [-0.15, -0.1) is 0 Å². The minimum absolute atomic E-state index is 0.00255. The van der Waals surface area contributed by atoms with Crippen LogP contribution in [0.15, 0.2) is 30.5 Å². The molecule has 1 aromatic heterocycles. The molecule has 5 nitrogen and oxygen atoms in total. The molecule has 1 heterocycles. The number of carbonyl (C=O) groups excluding carboxylic acids is 1. The van der Waals surface area contributed by atoms with Crippen molar-refractivity contribution in [3.8, 4) is 5.75 Å². The van der Waals surface area contributed by atoms with Crippen molar-refractivity contribution in [3.05, 3.63) is 46.7 Å². The molecule has 0 aliphatic heterocycles. The first kappa shape index (κ1) is 15.9. The fraction of sp³-hybridized carbons (Fsp3) is 0.412. The predicted molar refractivity (Wildman–Crippen MR) is 88.6 cm³/mol. The van der Waals surface area contributed by atoms with Gasteiger partial charge in [0.1, 0.15) is 5.75 Å². The molecule has 1 amide bonds. The molecule has 0 saturated carbocycles. The molecule has 122 valence electrons. The summed E-state index contributed by atoms with van der Waals surface area (Å²) < 4.78 is 7.56. The molecular weight excluding hydrogens is 314 g/mol. The lowest BCUT2D eigenvalue weighted by atomic mass is 9.93. The van der Waals surface area contributed by atoms with Gasteiger partial charge in [0, 0.05) is 18.3 Å². The summed E-state index contributed by atoms with van der Waals surface area (Å²) in [5.41, 5.74) is 2.30. The summed E-state index contributed by atoms with van der Waals surface area (Å²) in [6, 6.07) is 7.15. The summed E-state index contributed by atoms with van der Waals surface area (Å²) in [7, 11) is 1.94. The lowest BCUT2D eigenvalue weighted by Crippen LogP contribution is -2.39. The van der Waals surface area contributed by atoms with Crippen molar-refractivity contribution in [2.24, 2.45) is 7.05 Å². The Morgan fingerprint density at radius 1 is 1.48 bits per heavy atom. The second-order valence-corrected chi connectivity index (χ2v) is 6.22. The van der Waals surface area contributed by atoms with E-state index in [4.69, 9.17) is 16.3 Å². The third-order valence-corrected chi connectivity index (χ3v) is 4.51. The zero-order valence-electron chi connectivity index (χ0n) is 13.3. The second kappa shape index (κ2) is 6.62. The van der Waals surface area contributed by atoms with E-state index in [0.717, 1.165) is 24.8 Å². The molecule has 0 saturated heterocycles. The van der Waals surface area contributed by atoms with Crippen molar-refractivity contribution in [1.82, 2.24) is 15.1 Å². The van der Waals surface area contributed by atoms with Crippen LogP contribution in [0, 0.1) is 0 Å². The fourth-order valence-electron chi connectivity index (χ4n) is 2.93. The van der Waals surface area contributed by atoms with Crippen LogP contribution < -0.4 is 10.1 Å². The zero-order valence-corrected chi connectivity index (χ0v) is 14.0. The number of aromatic nitrogens is 2. The molecule has 2 atom stereocenters. The van der Waals surface area contributed by atoms with E-state index in [9.17, 15) is 4.79 Å². The van der Waals surface area contributed by atoms with Crippen molar-refractivity contribution in [3.63, 3.8) is 0 Å². The Morgan fingerprint density at radius 2 is 2.26 bits per heavy atom. The molecule has 6 heteroatoms. The van der Waals surface area contributed by atoms with Gasteiger partial charge in [0.05, 0.1) is 17.3 Å². The van der Waals surface area contributed by atoms with Gasteiger partial charge in [0.2, 0.25) is 0 Å². The SMILES string of the molecule is CC(Oc1ccccc1Cl)C(=O)NC1CCCc2c1cnn2C. The van der Waals surface area contributed by atoms with Crippen LogP contribution in [0.25, 0.3) is 0 Å². The van der Waals surface area contributed by atoms with Gasteiger partial charge in [0.25, 0.3) is 5.91 Å². The first-order chi connectivity index (χ1) is 11.1. The molecular formula is C17H20ClN3O2. The number of fused-ring (bicyclic) bond motifs is 1. The van der Waals surface area contributed by atoms with E-state index in [1.807, 2.05) is 30.1 Å². The van der Waals surface area contributed by atoms with E-state index in [2.05, 4.69) is 10.4 Å². The van der Waals surface area contributed by atoms with Crippen molar-refractivity contribution in [1.29, 1.82) is 0 Å². The summed E-state index contributed by atoms with van der Waals surface area (Å²) >= 11 is 6.07. The Kier molecular flexibility index (Phi) is 4.57. The maximum absolute atomic E-state index is 12.4. The van der Waals surface area contributed by atoms with Crippen LogP contribution in [-0.2, 0) is 18.3 Å². The van der Waals surface area contributed by atoms with Crippen LogP contribution in [0.4, 0.5) is 0 Å². The molecule has 0 bridgehead atoms. The van der Waals surface area contributed by atoms with Crippen LogP contribution in [0.3, 0.4) is 0 Å². The molecule has 23 heavy (non-hydrogen) atoms. The standard InChI is InChI=1S/C17H20ClN3O2/c1-11(23-16-9-4-3-6-13(16)18)17(22)20-14-7-5-8-15-12(14)10-19-21(15)2/h3-4,6,9-11,14H,5,7-8H2,1-2H3,(H,20,22). The molecule has 0 spiro atoms. The molecule has 1 aromatic carbocycles. The molecule has 2 aromatic rings. The van der Waals surface area contributed by atoms with Crippen molar-refractivity contribution >= 4 is 17.5 Å². The van der Waals surface area contributed by atoms with Crippen LogP contribution in [-0.4, -0.2) is 21.8 Å². The monoisotopic (exact) mass is 333 g/mol. The molecule has 1 aliphatic rings. The highest BCUT2D eigenvalue weighted by Gasteiger charge is 2.27. The zero-order chi connectivity index (χ0) is 16.4. The summed E-state index contributed by atoms with van der Waals surface area (Å²) in [5, 5.41) is 7.86. The highest BCUT2D eigenvalue weighted by molar-refractivity contribution is 6.32. The number of aryl methyl sites for hydroxylation is 1. The van der Waals surface area contributed by atoms with E-state index < -0.39 is 6.10 Å². The third-order valence-electron chi connectivity index (χ3n) is 4.20. The van der Waals surface area contributed by atoms with Gasteiger partial charge in [-0.05, 0) is 38.3 Å². The lowest BCUT2D eigenvalue weighted by Gasteiger charge is -2.25. The summed E-state index contributed by atoms with van der Waals surface area (Å²) in [6.45, 7) is 1.73. The summed E-state index contributed by atoms with van der Waals surface area (Å²) in [4.78, 5) is 12.4. The molecule has 3 rings (SSSR count). The van der Waals surface area contributed by atoms with Crippen LogP contribution >= 0.6 is 11.6 Å². The molecule has 1 aliphatic carbocycles. The van der Waals surface area contributed by atoms with E-state index in [-0.39, 0.29) is 11.9 Å². The summed E-state index contributed by atoms with van der Waals surface area (Å²) in [5.74, 6) is 0.370. The molecule has 1 N–H and O–H groups in total. The van der Waals surface area contributed by atoms with Gasteiger partial charge in [-0.25, -0.2) is 0 Å².